The predicted molar refractivity (Wildman–Crippen MR) is 91.8 cm³/mol. The Morgan fingerprint density at radius 3 is 2.00 bits per heavy atom. The third-order valence-electron chi connectivity index (χ3n) is 4.56. The summed E-state index contributed by atoms with van der Waals surface area (Å²) in [6, 6.07) is 14.9. The van der Waals surface area contributed by atoms with E-state index >= 15 is 0 Å². The summed E-state index contributed by atoms with van der Waals surface area (Å²) < 4.78 is 6.25. The molecule has 0 radical (unpaired) electrons. The van der Waals surface area contributed by atoms with Crippen LogP contribution in [0.25, 0.3) is 0 Å². The third-order valence-corrected chi connectivity index (χ3v) is 4.56. The number of para-hydroxylation sites is 1. The minimum Gasteiger partial charge on any atom is -0.469 e. The van der Waals surface area contributed by atoms with Crippen LogP contribution in [-0.2, 0) is 4.74 Å². The average Bonchev–Trinajstić information content (AvgIpc) is 2.75. The fourth-order valence-corrected chi connectivity index (χ4v) is 3.20. The van der Waals surface area contributed by atoms with E-state index in [1.165, 1.54) is 33.6 Å². The molecular formula is C20H23NO. The smallest absolute Gasteiger partial charge is 0.202 e. The molecule has 2 nitrogen and oxygen atoms in total. The van der Waals surface area contributed by atoms with Crippen LogP contribution in [0.5, 0.6) is 0 Å². The summed E-state index contributed by atoms with van der Waals surface area (Å²) in [5.41, 5.74) is 7.46. The van der Waals surface area contributed by atoms with Gasteiger partial charge in [0.05, 0.1) is 5.70 Å². The van der Waals surface area contributed by atoms with Crippen molar-refractivity contribution in [3.63, 3.8) is 0 Å². The lowest BCUT2D eigenvalue weighted by atomic mass is 10.00. The van der Waals surface area contributed by atoms with E-state index in [0.717, 1.165) is 5.76 Å². The van der Waals surface area contributed by atoms with Crippen LogP contribution >= 0.6 is 0 Å². The minimum absolute atomic E-state index is 0.0812. The van der Waals surface area contributed by atoms with E-state index in [1.54, 1.807) is 0 Å². The molecule has 2 aromatic rings. The molecule has 0 aliphatic carbocycles. The van der Waals surface area contributed by atoms with Gasteiger partial charge in [0, 0.05) is 11.3 Å². The van der Waals surface area contributed by atoms with Crippen molar-refractivity contribution >= 4 is 5.69 Å². The first kappa shape index (κ1) is 14.7. The molecule has 1 aliphatic heterocycles. The van der Waals surface area contributed by atoms with Gasteiger partial charge < -0.3 is 9.64 Å². The van der Waals surface area contributed by atoms with Gasteiger partial charge in [0.25, 0.3) is 0 Å². The molecule has 2 heteroatoms. The minimum atomic E-state index is -0.0812. The normalized spacial score (nSPS) is 17.9. The van der Waals surface area contributed by atoms with Gasteiger partial charge in [-0.2, -0.15) is 0 Å². The average molecular weight is 293 g/mol. The number of ether oxygens (including phenoxy) is 1. The van der Waals surface area contributed by atoms with Gasteiger partial charge in [-0.25, -0.2) is 0 Å². The molecule has 1 aliphatic rings. The number of rotatable bonds is 2. The number of nitrogens with zero attached hydrogens (tertiary/aromatic N) is 1. The second-order valence-electron chi connectivity index (χ2n) is 6.07. The van der Waals surface area contributed by atoms with Gasteiger partial charge in [0.15, 0.2) is 0 Å². The van der Waals surface area contributed by atoms with Crippen LogP contribution in [0.2, 0.25) is 0 Å². The summed E-state index contributed by atoms with van der Waals surface area (Å²) >= 11 is 0. The fraction of sp³-hybridized carbons (Fsp3) is 0.300. The first-order valence-corrected chi connectivity index (χ1v) is 7.76. The largest absolute Gasteiger partial charge is 0.469 e. The number of hydrogen-bond acceptors (Lipinski definition) is 2. The zero-order valence-electron chi connectivity index (χ0n) is 14.0. The lowest BCUT2D eigenvalue weighted by Crippen LogP contribution is -2.25. The monoisotopic (exact) mass is 293 g/mol. The second-order valence-corrected chi connectivity index (χ2v) is 6.07. The number of aryl methyl sites for hydroxylation is 3. The summed E-state index contributed by atoms with van der Waals surface area (Å²) in [4.78, 5) is 2.32. The molecule has 1 atom stereocenters. The van der Waals surface area contributed by atoms with Crippen LogP contribution in [0.1, 0.15) is 42.3 Å². The van der Waals surface area contributed by atoms with Gasteiger partial charge in [-0.3, -0.25) is 0 Å². The van der Waals surface area contributed by atoms with E-state index in [0.29, 0.717) is 0 Å². The van der Waals surface area contributed by atoms with Crippen molar-refractivity contribution in [3.05, 3.63) is 76.2 Å². The van der Waals surface area contributed by atoms with Crippen molar-refractivity contribution in [2.75, 3.05) is 4.90 Å². The first-order chi connectivity index (χ1) is 10.5. The first-order valence-electron chi connectivity index (χ1n) is 7.76. The van der Waals surface area contributed by atoms with Crippen molar-refractivity contribution in [3.8, 4) is 0 Å². The standard InChI is InChI=1S/C20H23NO/c1-13-9-6-7-12-18(13)21-16(4)17(5)22-20(21)19-14(2)10-8-11-15(19)3/h6-12,20H,1-5H3. The third kappa shape index (κ3) is 2.29. The van der Waals surface area contributed by atoms with Gasteiger partial charge in [-0.15, -0.1) is 0 Å². The number of benzene rings is 2. The van der Waals surface area contributed by atoms with Crippen molar-refractivity contribution in [2.24, 2.45) is 0 Å². The van der Waals surface area contributed by atoms with E-state index in [2.05, 4.69) is 75.1 Å². The molecule has 0 bridgehead atoms. The Morgan fingerprint density at radius 1 is 0.773 bits per heavy atom. The highest BCUT2D eigenvalue weighted by molar-refractivity contribution is 5.61. The molecule has 114 valence electrons. The van der Waals surface area contributed by atoms with E-state index < -0.39 is 0 Å². The number of allylic oxidation sites excluding steroid dienone is 2. The molecule has 0 saturated carbocycles. The maximum absolute atomic E-state index is 6.25. The molecule has 1 unspecified atom stereocenters. The van der Waals surface area contributed by atoms with E-state index in [-0.39, 0.29) is 6.23 Å². The summed E-state index contributed by atoms with van der Waals surface area (Å²) in [6.07, 6.45) is -0.0812. The fourth-order valence-electron chi connectivity index (χ4n) is 3.20. The molecular weight excluding hydrogens is 270 g/mol. The van der Waals surface area contributed by atoms with E-state index in [9.17, 15) is 0 Å². The summed E-state index contributed by atoms with van der Waals surface area (Å²) in [6.45, 7) is 10.6. The molecule has 22 heavy (non-hydrogen) atoms. The van der Waals surface area contributed by atoms with E-state index in [4.69, 9.17) is 4.74 Å². The Hall–Kier alpha value is -2.22. The highest BCUT2D eigenvalue weighted by Gasteiger charge is 2.34. The molecule has 3 rings (SSSR count). The maximum atomic E-state index is 6.25. The Bertz CT molecular complexity index is 725. The zero-order chi connectivity index (χ0) is 15.9. The van der Waals surface area contributed by atoms with Gasteiger partial charge in [0.1, 0.15) is 5.76 Å². The SMILES string of the molecule is CC1=C(C)N(c2ccccc2C)C(c2c(C)cccc2C)O1. The molecule has 0 amide bonds. The van der Waals surface area contributed by atoms with Crippen LogP contribution in [0.15, 0.2) is 53.9 Å². The van der Waals surface area contributed by atoms with Crippen LogP contribution < -0.4 is 4.90 Å². The van der Waals surface area contributed by atoms with Crippen molar-refractivity contribution in [1.82, 2.24) is 0 Å². The maximum Gasteiger partial charge on any atom is 0.202 e. The van der Waals surface area contributed by atoms with Crippen molar-refractivity contribution in [2.45, 2.75) is 40.8 Å². The highest BCUT2D eigenvalue weighted by atomic mass is 16.5. The van der Waals surface area contributed by atoms with Crippen LogP contribution in [-0.4, -0.2) is 0 Å². The summed E-state index contributed by atoms with van der Waals surface area (Å²) in [7, 11) is 0. The molecule has 0 saturated heterocycles. The molecule has 0 N–H and O–H groups in total. The Kier molecular flexibility index (Phi) is 3.69. The summed E-state index contributed by atoms with van der Waals surface area (Å²) in [5.74, 6) is 0.996. The quantitative estimate of drug-likeness (QED) is 0.735. The number of anilines is 1. The lowest BCUT2D eigenvalue weighted by molar-refractivity contribution is 0.147. The van der Waals surface area contributed by atoms with E-state index in [1.807, 2.05) is 6.92 Å². The topological polar surface area (TPSA) is 12.5 Å². The van der Waals surface area contributed by atoms with Gasteiger partial charge >= 0.3 is 0 Å². The van der Waals surface area contributed by atoms with Crippen LogP contribution in [0, 0.1) is 20.8 Å². The van der Waals surface area contributed by atoms with Crippen molar-refractivity contribution < 1.29 is 4.74 Å². The van der Waals surface area contributed by atoms with Gasteiger partial charge in [0.2, 0.25) is 6.23 Å². The van der Waals surface area contributed by atoms with Gasteiger partial charge in [-0.05, 0) is 57.4 Å². The Labute approximate surface area is 133 Å². The summed E-state index contributed by atoms with van der Waals surface area (Å²) in [5, 5.41) is 0. The second kappa shape index (κ2) is 5.53. The Morgan fingerprint density at radius 2 is 1.36 bits per heavy atom. The lowest BCUT2D eigenvalue weighted by Gasteiger charge is -2.30. The molecule has 2 aromatic carbocycles. The molecule has 1 heterocycles. The Balaban J connectivity index is 2.15. The predicted octanol–water partition coefficient (Wildman–Crippen LogP) is 5.40. The highest BCUT2D eigenvalue weighted by Crippen LogP contribution is 2.42. The number of hydrogen-bond donors (Lipinski definition) is 0. The molecule has 0 aromatic heterocycles. The van der Waals surface area contributed by atoms with Gasteiger partial charge in [-0.1, -0.05) is 36.4 Å². The van der Waals surface area contributed by atoms with Crippen LogP contribution in [0.3, 0.4) is 0 Å². The molecule has 0 fully saturated rings. The molecule has 0 spiro atoms. The zero-order valence-corrected chi connectivity index (χ0v) is 14.0. The van der Waals surface area contributed by atoms with Crippen molar-refractivity contribution in [1.29, 1.82) is 0 Å². The van der Waals surface area contributed by atoms with Crippen LogP contribution in [0.4, 0.5) is 5.69 Å².